The van der Waals surface area contributed by atoms with Gasteiger partial charge in [-0.1, -0.05) is 32.8 Å². The number of benzene rings is 1. The Morgan fingerprint density at radius 1 is 1.05 bits per heavy atom. The zero-order valence-corrected chi connectivity index (χ0v) is 25.8. The highest BCUT2D eigenvalue weighted by Gasteiger charge is 2.26. The van der Waals surface area contributed by atoms with Gasteiger partial charge in [0.15, 0.2) is 5.49 Å². The van der Waals surface area contributed by atoms with Crippen LogP contribution in [0.25, 0.3) is 22.2 Å². The highest BCUT2D eigenvalue weighted by molar-refractivity contribution is 5.92. The van der Waals surface area contributed by atoms with Gasteiger partial charge in [0.1, 0.15) is 0 Å². The van der Waals surface area contributed by atoms with Crippen LogP contribution in [0.3, 0.4) is 0 Å². The van der Waals surface area contributed by atoms with Crippen LogP contribution >= 0.6 is 0 Å². The Kier molecular flexibility index (Phi) is 9.12. The fourth-order valence-corrected chi connectivity index (χ4v) is 6.98. The number of pyridine rings is 1. The predicted octanol–water partition coefficient (Wildman–Crippen LogP) is 6.34. The van der Waals surface area contributed by atoms with Crippen molar-refractivity contribution < 1.29 is 4.79 Å². The number of fused-ring (bicyclic) bond motifs is 1. The molecule has 0 saturated carbocycles. The summed E-state index contributed by atoms with van der Waals surface area (Å²) in [5.41, 5.74) is 9.31. The molecule has 0 bridgehead atoms. The van der Waals surface area contributed by atoms with E-state index in [0.29, 0.717) is 24.2 Å². The quantitative estimate of drug-likeness (QED) is 0.345. The number of aromatic nitrogens is 2. The minimum absolute atomic E-state index is 0.333. The average molecular weight is 557 g/mol. The van der Waals surface area contributed by atoms with E-state index in [0.717, 1.165) is 73.4 Å². The summed E-state index contributed by atoms with van der Waals surface area (Å²) >= 11 is 0. The highest BCUT2D eigenvalue weighted by atomic mass is 16.2. The van der Waals surface area contributed by atoms with Crippen molar-refractivity contribution in [1.82, 2.24) is 19.5 Å². The summed E-state index contributed by atoms with van der Waals surface area (Å²) < 4.78 is 1.78. The predicted molar refractivity (Wildman–Crippen MR) is 170 cm³/mol. The van der Waals surface area contributed by atoms with Gasteiger partial charge in [0.2, 0.25) is 5.91 Å². The third kappa shape index (κ3) is 6.06. The molecule has 0 spiro atoms. The van der Waals surface area contributed by atoms with Crippen LogP contribution in [0, 0.1) is 13.8 Å². The molecule has 7 nitrogen and oxygen atoms in total. The number of carbonyl (C=O) groups is 1. The number of H-pyrrole nitrogens is 1. The zero-order chi connectivity index (χ0) is 29.1. The molecule has 3 aromatic rings. The Hall–Kier alpha value is -3.19. The molecule has 2 aromatic heterocycles. The van der Waals surface area contributed by atoms with Crippen LogP contribution in [-0.2, 0) is 4.79 Å². The Balaban J connectivity index is 1.35. The van der Waals surface area contributed by atoms with Crippen LogP contribution in [0.4, 0.5) is 0 Å². The molecular weight excluding hydrogens is 508 g/mol. The second-order valence-corrected chi connectivity index (χ2v) is 12.4. The lowest BCUT2D eigenvalue weighted by Crippen LogP contribution is -2.39. The summed E-state index contributed by atoms with van der Waals surface area (Å²) in [6, 6.07) is 6.94. The number of nitrogens with one attached hydrogen (secondary N) is 1. The molecular formula is C34H48N6O. The molecule has 2 fully saturated rings. The molecule has 41 heavy (non-hydrogen) atoms. The fourth-order valence-electron chi connectivity index (χ4n) is 6.98. The van der Waals surface area contributed by atoms with Crippen molar-refractivity contribution in [1.29, 1.82) is 0 Å². The van der Waals surface area contributed by atoms with Gasteiger partial charge >= 0.3 is 0 Å². The number of piperidine rings is 1. The Bertz CT molecular complexity index is 1460. The highest BCUT2D eigenvalue weighted by Crippen LogP contribution is 2.39. The van der Waals surface area contributed by atoms with Crippen LogP contribution in [0.15, 0.2) is 34.5 Å². The monoisotopic (exact) mass is 556 g/mol. The SMILES string of the molecule is C=Nn1cc(-c2[nH]c3ccc(C4CCN(C(=O)CCN5CCCCCC5)CC4)cc3c2C(C)C)c(C)c(C)c1=NC. The standard InChI is InChI=1S/C34H48N6O/c1-23(2)32-28-21-27(26-13-19-39(20-14-26)31(41)15-18-38-16-9-7-8-10-17-38)11-12-30(28)37-33(32)29-22-40(36-6)34(35-5)25(4)24(29)3/h11-12,21-23,26,37H,6-10,13-20H2,1-5H3. The molecule has 1 aromatic carbocycles. The first-order valence-corrected chi connectivity index (χ1v) is 15.6. The maximum absolute atomic E-state index is 13.0. The van der Waals surface area contributed by atoms with E-state index >= 15 is 0 Å². The van der Waals surface area contributed by atoms with E-state index in [9.17, 15) is 4.79 Å². The number of hydrogen-bond donors (Lipinski definition) is 1. The second-order valence-electron chi connectivity index (χ2n) is 12.4. The van der Waals surface area contributed by atoms with E-state index in [1.54, 1.807) is 11.7 Å². The molecule has 0 atom stereocenters. The summed E-state index contributed by atoms with van der Waals surface area (Å²) in [7, 11) is 1.80. The van der Waals surface area contributed by atoms with Crippen LogP contribution in [0.5, 0.6) is 0 Å². The summed E-state index contributed by atoms with van der Waals surface area (Å²) in [6.45, 7) is 17.5. The molecule has 4 heterocycles. The summed E-state index contributed by atoms with van der Waals surface area (Å²) in [4.78, 5) is 25.8. The van der Waals surface area contributed by atoms with Gasteiger partial charge in [0, 0.05) is 62.5 Å². The van der Waals surface area contributed by atoms with Crippen molar-refractivity contribution in [2.24, 2.45) is 10.1 Å². The van der Waals surface area contributed by atoms with Crippen molar-refractivity contribution in [2.45, 2.75) is 84.5 Å². The van der Waals surface area contributed by atoms with E-state index in [-0.39, 0.29) is 0 Å². The first-order valence-electron chi connectivity index (χ1n) is 15.6. The van der Waals surface area contributed by atoms with Gasteiger partial charge in [-0.05, 0) is 98.8 Å². The lowest BCUT2D eigenvalue weighted by molar-refractivity contribution is -0.132. The number of aromatic amines is 1. The van der Waals surface area contributed by atoms with Crippen molar-refractivity contribution >= 4 is 23.5 Å². The molecule has 0 unspecified atom stereocenters. The molecule has 2 saturated heterocycles. The normalized spacial score (nSPS) is 17.9. The zero-order valence-electron chi connectivity index (χ0n) is 25.8. The molecule has 2 aliphatic heterocycles. The van der Waals surface area contributed by atoms with Crippen LogP contribution in [-0.4, -0.2) is 71.9 Å². The van der Waals surface area contributed by atoms with Gasteiger partial charge in [0.05, 0.1) is 5.69 Å². The van der Waals surface area contributed by atoms with E-state index < -0.39 is 0 Å². The number of carbonyl (C=O) groups excluding carboxylic acids is 1. The number of nitrogens with zero attached hydrogens (tertiary/aromatic N) is 5. The van der Waals surface area contributed by atoms with Gasteiger partial charge in [-0.2, -0.15) is 5.10 Å². The third-order valence-electron chi connectivity index (χ3n) is 9.50. The van der Waals surface area contributed by atoms with Crippen LogP contribution in [0.2, 0.25) is 0 Å². The van der Waals surface area contributed by atoms with E-state index in [1.807, 2.05) is 0 Å². The van der Waals surface area contributed by atoms with Gasteiger partial charge in [-0.15, -0.1) is 0 Å². The lowest BCUT2D eigenvalue weighted by atomic mass is 9.87. The molecule has 7 heteroatoms. The van der Waals surface area contributed by atoms with Crippen molar-refractivity contribution in [2.75, 3.05) is 39.8 Å². The number of hydrogen-bond acceptors (Lipinski definition) is 4. The van der Waals surface area contributed by atoms with Gasteiger partial charge in [-0.25, -0.2) is 4.68 Å². The molecule has 0 radical (unpaired) electrons. The smallest absolute Gasteiger partial charge is 0.223 e. The third-order valence-corrected chi connectivity index (χ3v) is 9.50. The van der Waals surface area contributed by atoms with E-state index in [4.69, 9.17) is 0 Å². The Morgan fingerprint density at radius 3 is 2.39 bits per heavy atom. The van der Waals surface area contributed by atoms with Crippen molar-refractivity contribution in [3.63, 3.8) is 0 Å². The first-order chi connectivity index (χ1) is 19.8. The van der Waals surface area contributed by atoms with E-state index in [2.05, 4.69) is 83.7 Å². The molecule has 220 valence electrons. The topological polar surface area (TPSA) is 69.0 Å². The molecule has 2 aliphatic rings. The molecule has 0 aliphatic carbocycles. The number of rotatable bonds is 7. The maximum Gasteiger partial charge on any atom is 0.223 e. The molecule has 1 N–H and O–H groups in total. The fraction of sp³-hybridized carbons (Fsp3) is 0.559. The minimum atomic E-state index is 0.333. The minimum Gasteiger partial charge on any atom is -0.354 e. The van der Waals surface area contributed by atoms with E-state index in [1.165, 1.54) is 47.8 Å². The van der Waals surface area contributed by atoms with Crippen molar-refractivity contribution in [3.8, 4) is 11.3 Å². The Morgan fingerprint density at radius 2 is 1.76 bits per heavy atom. The molecule has 5 rings (SSSR count). The van der Waals surface area contributed by atoms with Gasteiger partial charge in [0.25, 0.3) is 0 Å². The first kappa shape index (κ1) is 29.3. The average Bonchev–Trinajstić information content (AvgIpc) is 3.16. The maximum atomic E-state index is 13.0. The number of amides is 1. The van der Waals surface area contributed by atoms with Crippen LogP contribution in [0.1, 0.15) is 92.9 Å². The van der Waals surface area contributed by atoms with Crippen molar-refractivity contribution in [3.05, 3.63) is 52.1 Å². The summed E-state index contributed by atoms with van der Waals surface area (Å²) in [5.74, 6) is 1.16. The van der Waals surface area contributed by atoms with Gasteiger partial charge in [-0.3, -0.25) is 9.79 Å². The lowest BCUT2D eigenvalue weighted by Gasteiger charge is -2.33. The number of likely N-dealkylation sites (tertiary alicyclic amines) is 2. The van der Waals surface area contributed by atoms with Crippen LogP contribution < -0.4 is 5.49 Å². The van der Waals surface area contributed by atoms with Gasteiger partial charge < -0.3 is 14.8 Å². The largest absolute Gasteiger partial charge is 0.354 e. The molecule has 1 amide bonds. The summed E-state index contributed by atoms with van der Waals surface area (Å²) in [5, 5.41) is 5.51. The Labute approximate surface area is 245 Å². The summed E-state index contributed by atoms with van der Waals surface area (Å²) in [6.07, 6.45) is 9.99. The second kappa shape index (κ2) is 12.8.